The number of allylic oxidation sites excluding steroid dienone is 1. The Bertz CT molecular complexity index is 2130. The van der Waals surface area contributed by atoms with Crippen LogP contribution < -0.4 is 4.57 Å². The van der Waals surface area contributed by atoms with E-state index in [0.717, 1.165) is 17.7 Å². The van der Waals surface area contributed by atoms with Gasteiger partial charge in [-0.05, 0) is 74.9 Å². The monoisotopic (exact) mass is 539 g/mol. The van der Waals surface area contributed by atoms with Crippen molar-refractivity contribution in [2.75, 3.05) is 6.54 Å². The van der Waals surface area contributed by atoms with Crippen molar-refractivity contribution in [3.63, 3.8) is 0 Å². The van der Waals surface area contributed by atoms with E-state index in [1.165, 1.54) is 70.5 Å². The number of pyridine rings is 1. The largest absolute Gasteiger partial charge is 0.454 e. The van der Waals surface area contributed by atoms with Gasteiger partial charge in [-0.25, -0.2) is 0 Å². The van der Waals surface area contributed by atoms with Gasteiger partial charge in [0.1, 0.15) is 11.1 Å². The highest BCUT2D eigenvalue weighted by Gasteiger charge is 2.80. The molecule has 5 heterocycles. The van der Waals surface area contributed by atoms with Gasteiger partial charge in [0.2, 0.25) is 5.69 Å². The minimum absolute atomic E-state index is 0.135. The van der Waals surface area contributed by atoms with Crippen molar-refractivity contribution < 1.29 is 8.98 Å². The van der Waals surface area contributed by atoms with E-state index in [9.17, 15) is 0 Å². The lowest BCUT2D eigenvalue weighted by Crippen LogP contribution is -2.42. The Morgan fingerprint density at radius 3 is 2.55 bits per heavy atom. The molecule has 3 aromatic carbocycles. The zero-order valence-electron chi connectivity index (χ0n) is 23.5. The molecule has 1 fully saturated rings. The van der Waals surface area contributed by atoms with Crippen molar-refractivity contribution in [2.45, 2.75) is 52.1 Å². The molecule has 6 aromatic rings. The summed E-state index contributed by atoms with van der Waals surface area (Å²) in [4.78, 5) is 4.06. The predicted molar refractivity (Wildman–Crippen MR) is 165 cm³/mol. The summed E-state index contributed by atoms with van der Waals surface area (Å²) >= 11 is 1.86. The van der Waals surface area contributed by atoms with Gasteiger partial charge in [0.05, 0.1) is 10.6 Å². The number of hydrogen-bond donors (Lipinski definition) is 0. The fraction of sp³-hybridized carbons (Fsp3) is 0.250. The SMILES string of the molecule is C/C=C1/c2c(ccc3c2oc2c3ccc3c(C)c(C)sc32)C2(C3c4ccccc4-c4ccc(C)c[n+]4C32)N1CC. The topological polar surface area (TPSA) is 20.3 Å². The van der Waals surface area contributed by atoms with Crippen LogP contribution in [0, 0.1) is 20.8 Å². The van der Waals surface area contributed by atoms with Crippen LogP contribution in [-0.2, 0) is 5.54 Å². The van der Waals surface area contributed by atoms with Crippen molar-refractivity contribution in [1.82, 2.24) is 4.90 Å². The summed E-state index contributed by atoms with van der Waals surface area (Å²) < 4.78 is 10.8. The first-order chi connectivity index (χ1) is 19.5. The lowest BCUT2D eigenvalue weighted by molar-refractivity contribution is -0.697. The third kappa shape index (κ3) is 2.43. The molecule has 40 heavy (non-hydrogen) atoms. The number of rotatable bonds is 1. The van der Waals surface area contributed by atoms with Crippen LogP contribution >= 0.6 is 11.3 Å². The summed E-state index contributed by atoms with van der Waals surface area (Å²) in [5, 5.41) is 3.76. The minimum Gasteiger partial charge on any atom is -0.454 e. The van der Waals surface area contributed by atoms with Crippen LogP contribution in [0.1, 0.15) is 58.5 Å². The number of nitrogens with zero attached hydrogens (tertiary/aromatic N) is 2. The highest BCUT2D eigenvalue weighted by atomic mass is 32.1. The number of furan rings is 1. The van der Waals surface area contributed by atoms with Gasteiger partial charge in [-0.15, -0.1) is 11.3 Å². The Labute approximate surface area is 238 Å². The average molecular weight is 540 g/mol. The van der Waals surface area contributed by atoms with Gasteiger partial charge in [-0.3, -0.25) is 0 Å². The second-order valence-electron chi connectivity index (χ2n) is 11.8. The average Bonchev–Trinajstić information content (AvgIpc) is 3.19. The molecule has 0 bridgehead atoms. The third-order valence-electron chi connectivity index (χ3n) is 10.1. The maximum atomic E-state index is 6.97. The third-order valence-corrected chi connectivity index (χ3v) is 11.3. The maximum absolute atomic E-state index is 6.97. The van der Waals surface area contributed by atoms with E-state index < -0.39 is 0 Å². The van der Waals surface area contributed by atoms with Crippen molar-refractivity contribution in [3.05, 3.63) is 106 Å². The summed E-state index contributed by atoms with van der Waals surface area (Å²) in [6, 6.07) is 23.3. The summed E-state index contributed by atoms with van der Waals surface area (Å²) in [5.74, 6) is 0.385. The zero-order valence-corrected chi connectivity index (χ0v) is 24.3. The van der Waals surface area contributed by atoms with E-state index >= 15 is 0 Å². The van der Waals surface area contributed by atoms with Crippen LogP contribution in [0.3, 0.4) is 0 Å². The Hall–Kier alpha value is -3.89. The van der Waals surface area contributed by atoms with Gasteiger partial charge in [-0.1, -0.05) is 42.5 Å². The highest BCUT2D eigenvalue weighted by molar-refractivity contribution is 7.20. The Morgan fingerprint density at radius 1 is 0.950 bits per heavy atom. The molecule has 3 unspecified atom stereocenters. The van der Waals surface area contributed by atoms with Crippen LogP contribution in [0.4, 0.5) is 0 Å². The molecule has 196 valence electrons. The molecule has 0 N–H and O–H groups in total. The molecule has 3 aliphatic rings. The lowest BCUT2D eigenvalue weighted by atomic mass is 9.93. The van der Waals surface area contributed by atoms with Crippen LogP contribution in [0.2, 0.25) is 0 Å². The highest BCUT2D eigenvalue weighted by Crippen LogP contribution is 2.75. The van der Waals surface area contributed by atoms with Crippen LogP contribution in [0.15, 0.2) is 77.4 Å². The van der Waals surface area contributed by atoms with Crippen LogP contribution in [-0.4, -0.2) is 11.4 Å². The number of fused-ring (bicyclic) bond motifs is 16. The number of aromatic nitrogens is 1. The van der Waals surface area contributed by atoms with Gasteiger partial charge in [0, 0.05) is 50.6 Å². The quantitative estimate of drug-likeness (QED) is 0.194. The fourth-order valence-corrected chi connectivity index (χ4v) is 9.52. The number of likely N-dealkylation sites (N-methyl/N-ethyl adjacent to an activating group) is 1. The first-order valence-corrected chi connectivity index (χ1v) is 15.3. The Morgan fingerprint density at radius 2 is 1.73 bits per heavy atom. The van der Waals surface area contributed by atoms with E-state index in [1.54, 1.807) is 0 Å². The molecule has 2 aliphatic heterocycles. The van der Waals surface area contributed by atoms with Crippen molar-refractivity contribution >= 4 is 49.1 Å². The van der Waals surface area contributed by atoms with Gasteiger partial charge >= 0.3 is 0 Å². The van der Waals surface area contributed by atoms with Crippen molar-refractivity contribution in [2.24, 2.45) is 0 Å². The molecule has 1 aliphatic carbocycles. The first kappa shape index (κ1) is 22.9. The molecular formula is C36H31N2OS+. The van der Waals surface area contributed by atoms with E-state index in [0.29, 0.717) is 12.0 Å². The molecule has 0 radical (unpaired) electrons. The second-order valence-corrected chi connectivity index (χ2v) is 13.0. The summed E-state index contributed by atoms with van der Waals surface area (Å²) in [6.07, 6.45) is 4.69. The Balaban J connectivity index is 1.38. The van der Waals surface area contributed by atoms with E-state index in [1.807, 2.05) is 11.3 Å². The molecule has 1 spiro atoms. The van der Waals surface area contributed by atoms with Crippen LogP contribution in [0.25, 0.3) is 49.0 Å². The second kappa shape index (κ2) is 7.44. The first-order valence-electron chi connectivity index (χ1n) is 14.4. The number of aryl methyl sites for hydroxylation is 3. The van der Waals surface area contributed by atoms with Gasteiger partial charge in [0.25, 0.3) is 0 Å². The van der Waals surface area contributed by atoms with Gasteiger partial charge < -0.3 is 9.32 Å². The number of hydrogen-bond acceptors (Lipinski definition) is 3. The number of thiophene rings is 1. The molecule has 0 saturated heterocycles. The van der Waals surface area contributed by atoms with Gasteiger partial charge in [-0.2, -0.15) is 4.57 Å². The smallest absolute Gasteiger partial charge is 0.213 e. The predicted octanol–water partition coefficient (Wildman–Crippen LogP) is 8.92. The van der Waals surface area contributed by atoms with E-state index in [-0.39, 0.29) is 5.54 Å². The molecule has 3 atom stereocenters. The Kier molecular flexibility index (Phi) is 4.25. The minimum atomic E-state index is -0.135. The summed E-state index contributed by atoms with van der Waals surface area (Å²) in [5.41, 5.74) is 12.8. The normalized spacial score (nSPS) is 23.3. The fourth-order valence-electron chi connectivity index (χ4n) is 8.37. The lowest BCUT2D eigenvalue weighted by Gasteiger charge is -2.27. The van der Waals surface area contributed by atoms with Crippen molar-refractivity contribution in [3.8, 4) is 11.3 Å². The van der Waals surface area contributed by atoms with Gasteiger partial charge in [0.15, 0.2) is 17.8 Å². The summed E-state index contributed by atoms with van der Waals surface area (Å²) in [6.45, 7) is 12.1. The molecule has 1 saturated carbocycles. The molecular weight excluding hydrogens is 508 g/mol. The molecule has 0 amide bonds. The molecule has 4 heteroatoms. The molecule has 3 aromatic heterocycles. The number of benzene rings is 3. The molecule has 3 nitrogen and oxygen atoms in total. The van der Waals surface area contributed by atoms with Crippen molar-refractivity contribution in [1.29, 1.82) is 0 Å². The van der Waals surface area contributed by atoms with E-state index in [2.05, 4.69) is 117 Å². The zero-order chi connectivity index (χ0) is 27.1. The maximum Gasteiger partial charge on any atom is 0.213 e. The van der Waals surface area contributed by atoms with Crippen LogP contribution in [0.5, 0.6) is 0 Å². The standard InChI is InChI=1S/C36H31N2OS/c1-6-28-30-27(16-15-25-26-14-13-22-20(4)21(5)40-34(22)33(26)39-32(25)30)36(38(28)7-2)31-24-11-9-8-10-23(24)29-17-12-19(3)18-37(29)35(31)36/h6,8-18,31,35H,7H2,1-5H3/q+1/b28-6-. The summed E-state index contributed by atoms with van der Waals surface area (Å²) in [7, 11) is 0. The van der Waals surface area contributed by atoms with E-state index in [4.69, 9.17) is 4.42 Å². The molecule has 9 rings (SSSR count).